The SMILES string of the molecule is Cn1ncc2c(NC3CCCN(Cc4ccccc4)C3)ncnc21. The number of nitrogens with one attached hydrogen (secondary N) is 1. The maximum absolute atomic E-state index is 4.43. The molecule has 124 valence electrons. The van der Waals surface area contributed by atoms with Crippen molar-refractivity contribution in [3.05, 3.63) is 48.4 Å². The van der Waals surface area contributed by atoms with E-state index in [0.29, 0.717) is 6.04 Å². The molecular formula is C18H22N6. The van der Waals surface area contributed by atoms with Crippen molar-refractivity contribution in [1.82, 2.24) is 24.6 Å². The van der Waals surface area contributed by atoms with Gasteiger partial charge in [-0.15, -0.1) is 0 Å². The van der Waals surface area contributed by atoms with Crippen LogP contribution in [0.1, 0.15) is 18.4 Å². The molecule has 0 spiro atoms. The molecule has 1 fully saturated rings. The highest BCUT2D eigenvalue weighted by molar-refractivity contribution is 5.86. The molecule has 1 N–H and O–H groups in total. The van der Waals surface area contributed by atoms with Crippen LogP contribution in [0.15, 0.2) is 42.9 Å². The molecule has 1 saturated heterocycles. The Balaban J connectivity index is 1.46. The summed E-state index contributed by atoms with van der Waals surface area (Å²) in [6.45, 7) is 3.19. The molecule has 1 aliphatic heterocycles. The van der Waals surface area contributed by atoms with Gasteiger partial charge in [-0.3, -0.25) is 9.58 Å². The van der Waals surface area contributed by atoms with Gasteiger partial charge in [0.15, 0.2) is 5.65 Å². The van der Waals surface area contributed by atoms with E-state index in [9.17, 15) is 0 Å². The molecule has 1 aliphatic rings. The van der Waals surface area contributed by atoms with Crippen LogP contribution in [0.3, 0.4) is 0 Å². The lowest BCUT2D eigenvalue weighted by atomic mass is 10.0. The molecule has 0 bridgehead atoms. The zero-order valence-electron chi connectivity index (χ0n) is 13.9. The van der Waals surface area contributed by atoms with Gasteiger partial charge in [-0.2, -0.15) is 5.10 Å². The van der Waals surface area contributed by atoms with E-state index in [-0.39, 0.29) is 0 Å². The van der Waals surface area contributed by atoms with Gasteiger partial charge in [0, 0.05) is 26.2 Å². The van der Waals surface area contributed by atoms with Crippen LogP contribution in [-0.4, -0.2) is 43.8 Å². The quantitative estimate of drug-likeness (QED) is 0.799. The first-order chi connectivity index (χ1) is 11.8. The molecule has 24 heavy (non-hydrogen) atoms. The van der Waals surface area contributed by atoms with Crippen molar-refractivity contribution >= 4 is 16.9 Å². The average Bonchev–Trinajstić information content (AvgIpc) is 2.99. The second-order valence-corrected chi connectivity index (χ2v) is 6.43. The van der Waals surface area contributed by atoms with Crippen molar-refractivity contribution in [2.45, 2.75) is 25.4 Å². The van der Waals surface area contributed by atoms with Gasteiger partial charge in [0.05, 0.1) is 11.6 Å². The fraction of sp³-hybridized carbons (Fsp3) is 0.389. The van der Waals surface area contributed by atoms with Crippen LogP contribution in [0.4, 0.5) is 5.82 Å². The standard InChI is InChI=1S/C18H22N6/c1-23-18-16(10-21-23)17(19-13-20-18)22-15-8-5-9-24(12-15)11-14-6-3-2-4-7-14/h2-4,6-7,10,13,15H,5,8-9,11-12H2,1H3,(H,19,20,22). The van der Waals surface area contributed by atoms with Gasteiger partial charge >= 0.3 is 0 Å². The van der Waals surface area contributed by atoms with Crippen LogP contribution in [-0.2, 0) is 13.6 Å². The van der Waals surface area contributed by atoms with E-state index in [1.165, 1.54) is 12.0 Å². The molecule has 1 aromatic carbocycles. The number of hydrogen-bond donors (Lipinski definition) is 1. The van der Waals surface area contributed by atoms with Crippen LogP contribution < -0.4 is 5.32 Å². The first kappa shape index (κ1) is 15.1. The number of anilines is 1. The second-order valence-electron chi connectivity index (χ2n) is 6.43. The van der Waals surface area contributed by atoms with Crippen molar-refractivity contribution in [2.75, 3.05) is 18.4 Å². The molecular weight excluding hydrogens is 300 g/mol. The predicted molar refractivity (Wildman–Crippen MR) is 94.7 cm³/mol. The maximum Gasteiger partial charge on any atom is 0.163 e. The molecule has 4 rings (SSSR count). The molecule has 0 amide bonds. The predicted octanol–water partition coefficient (Wildman–Crippen LogP) is 2.44. The lowest BCUT2D eigenvalue weighted by molar-refractivity contribution is 0.208. The summed E-state index contributed by atoms with van der Waals surface area (Å²) in [5, 5.41) is 8.88. The maximum atomic E-state index is 4.43. The minimum atomic E-state index is 0.403. The molecule has 6 nitrogen and oxygen atoms in total. The van der Waals surface area contributed by atoms with E-state index in [1.54, 1.807) is 11.0 Å². The Morgan fingerprint density at radius 1 is 1.21 bits per heavy atom. The first-order valence-corrected chi connectivity index (χ1v) is 8.45. The van der Waals surface area contributed by atoms with Crippen molar-refractivity contribution in [2.24, 2.45) is 7.05 Å². The van der Waals surface area contributed by atoms with Crippen molar-refractivity contribution in [1.29, 1.82) is 0 Å². The third kappa shape index (κ3) is 3.10. The number of fused-ring (bicyclic) bond motifs is 1. The highest BCUT2D eigenvalue weighted by Gasteiger charge is 2.21. The van der Waals surface area contributed by atoms with E-state index in [2.05, 4.69) is 55.6 Å². The Labute approximate surface area is 141 Å². The molecule has 2 aromatic heterocycles. The van der Waals surface area contributed by atoms with Gasteiger partial charge in [0.2, 0.25) is 0 Å². The fourth-order valence-electron chi connectivity index (χ4n) is 3.43. The minimum absolute atomic E-state index is 0.403. The van der Waals surface area contributed by atoms with Crippen LogP contribution in [0.25, 0.3) is 11.0 Å². The molecule has 1 unspecified atom stereocenters. The number of rotatable bonds is 4. The number of nitrogens with zero attached hydrogens (tertiary/aromatic N) is 5. The van der Waals surface area contributed by atoms with Gasteiger partial charge < -0.3 is 5.32 Å². The molecule has 0 aliphatic carbocycles. The molecule has 0 saturated carbocycles. The fourth-order valence-corrected chi connectivity index (χ4v) is 3.43. The van der Waals surface area contributed by atoms with Crippen molar-refractivity contribution in [3.63, 3.8) is 0 Å². The number of aromatic nitrogens is 4. The lowest BCUT2D eigenvalue weighted by Crippen LogP contribution is -2.41. The van der Waals surface area contributed by atoms with E-state index in [1.807, 2.05) is 13.2 Å². The zero-order valence-corrected chi connectivity index (χ0v) is 13.9. The molecule has 3 aromatic rings. The summed E-state index contributed by atoms with van der Waals surface area (Å²) in [5.74, 6) is 0.889. The summed E-state index contributed by atoms with van der Waals surface area (Å²) < 4.78 is 1.78. The lowest BCUT2D eigenvalue weighted by Gasteiger charge is -2.33. The summed E-state index contributed by atoms with van der Waals surface area (Å²) in [5.41, 5.74) is 2.24. The van der Waals surface area contributed by atoms with E-state index in [0.717, 1.165) is 42.9 Å². The van der Waals surface area contributed by atoms with Crippen LogP contribution in [0, 0.1) is 0 Å². The largest absolute Gasteiger partial charge is 0.365 e. The van der Waals surface area contributed by atoms with Crippen LogP contribution in [0.2, 0.25) is 0 Å². The van der Waals surface area contributed by atoms with E-state index < -0.39 is 0 Å². The third-order valence-corrected chi connectivity index (χ3v) is 4.62. The topological polar surface area (TPSA) is 58.9 Å². The van der Waals surface area contributed by atoms with Gasteiger partial charge in [-0.05, 0) is 24.9 Å². The van der Waals surface area contributed by atoms with Gasteiger partial charge in [0.25, 0.3) is 0 Å². The molecule has 1 atom stereocenters. The Morgan fingerprint density at radius 3 is 2.96 bits per heavy atom. The van der Waals surface area contributed by atoms with Crippen LogP contribution >= 0.6 is 0 Å². The number of piperidine rings is 1. The highest BCUT2D eigenvalue weighted by atomic mass is 15.3. The number of benzene rings is 1. The van der Waals surface area contributed by atoms with Gasteiger partial charge in [0.1, 0.15) is 12.1 Å². The van der Waals surface area contributed by atoms with E-state index in [4.69, 9.17) is 0 Å². The summed E-state index contributed by atoms with van der Waals surface area (Å²) >= 11 is 0. The van der Waals surface area contributed by atoms with Gasteiger partial charge in [-0.25, -0.2) is 9.97 Å². The molecule has 3 heterocycles. The van der Waals surface area contributed by atoms with Crippen LogP contribution in [0.5, 0.6) is 0 Å². The zero-order chi connectivity index (χ0) is 16.4. The number of aryl methyl sites for hydroxylation is 1. The smallest absolute Gasteiger partial charge is 0.163 e. The van der Waals surface area contributed by atoms with E-state index >= 15 is 0 Å². The Kier molecular flexibility index (Phi) is 4.13. The van der Waals surface area contributed by atoms with Crippen molar-refractivity contribution < 1.29 is 0 Å². The number of likely N-dealkylation sites (tertiary alicyclic amines) is 1. The minimum Gasteiger partial charge on any atom is -0.365 e. The summed E-state index contributed by atoms with van der Waals surface area (Å²) in [7, 11) is 1.90. The molecule has 0 radical (unpaired) electrons. The summed E-state index contributed by atoms with van der Waals surface area (Å²) in [6.07, 6.45) is 5.81. The molecule has 6 heteroatoms. The highest BCUT2D eigenvalue weighted by Crippen LogP contribution is 2.22. The number of hydrogen-bond acceptors (Lipinski definition) is 5. The third-order valence-electron chi connectivity index (χ3n) is 4.62. The van der Waals surface area contributed by atoms with Crippen molar-refractivity contribution in [3.8, 4) is 0 Å². The first-order valence-electron chi connectivity index (χ1n) is 8.45. The van der Waals surface area contributed by atoms with Gasteiger partial charge in [-0.1, -0.05) is 30.3 Å². The average molecular weight is 322 g/mol. The normalized spacial score (nSPS) is 18.8. The Hall–Kier alpha value is -2.47. The Morgan fingerprint density at radius 2 is 2.08 bits per heavy atom. The summed E-state index contributed by atoms with van der Waals surface area (Å²) in [6, 6.07) is 11.1. The Bertz CT molecular complexity index is 813. The second kappa shape index (κ2) is 6.57. The summed E-state index contributed by atoms with van der Waals surface area (Å²) in [4.78, 5) is 11.2. The monoisotopic (exact) mass is 322 g/mol.